The molecule has 0 fully saturated rings. The Morgan fingerprint density at radius 3 is 2.76 bits per heavy atom. The Kier molecular flexibility index (Phi) is 5.02. The summed E-state index contributed by atoms with van der Waals surface area (Å²) < 4.78 is 3.88. The number of rotatable bonds is 6. The number of aryl methyl sites for hydroxylation is 2. The van der Waals surface area contributed by atoms with E-state index in [-0.39, 0.29) is 6.03 Å². The van der Waals surface area contributed by atoms with E-state index in [0.29, 0.717) is 19.6 Å². The highest BCUT2D eigenvalue weighted by Crippen LogP contribution is 2.18. The maximum absolute atomic E-state index is 12.5. The van der Waals surface area contributed by atoms with Crippen LogP contribution in [0.5, 0.6) is 0 Å². The van der Waals surface area contributed by atoms with Crippen molar-refractivity contribution in [2.24, 2.45) is 7.05 Å². The number of hydrogen-bond acceptors (Lipinski definition) is 3. The van der Waals surface area contributed by atoms with Crippen LogP contribution in [0.2, 0.25) is 0 Å². The zero-order chi connectivity index (χ0) is 17.8. The fourth-order valence-corrected chi connectivity index (χ4v) is 2.89. The summed E-state index contributed by atoms with van der Waals surface area (Å²) in [6, 6.07) is 7.98. The van der Waals surface area contributed by atoms with Gasteiger partial charge in [0.25, 0.3) is 0 Å². The van der Waals surface area contributed by atoms with Gasteiger partial charge in [-0.1, -0.05) is 18.2 Å². The van der Waals surface area contributed by atoms with Crippen molar-refractivity contribution < 1.29 is 4.79 Å². The summed E-state index contributed by atoms with van der Waals surface area (Å²) in [6.45, 7) is 6.33. The molecule has 0 radical (unpaired) electrons. The fraction of sp³-hybridized carbons (Fsp3) is 0.389. The molecule has 0 saturated carbocycles. The van der Waals surface area contributed by atoms with Gasteiger partial charge in [0.2, 0.25) is 0 Å². The Morgan fingerprint density at radius 2 is 2.08 bits per heavy atom. The van der Waals surface area contributed by atoms with E-state index in [1.165, 1.54) is 0 Å². The van der Waals surface area contributed by atoms with Gasteiger partial charge in [-0.3, -0.25) is 4.68 Å². The first-order valence-electron chi connectivity index (χ1n) is 8.57. The van der Waals surface area contributed by atoms with Crippen LogP contribution in [0, 0.1) is 0 Å². The largest absolute Gasteiger partial charge is 0.337 e. The average Bonchev–Trinajstić information content (AvgIpc) is 3.20. The van der Waals surface area contributed by atoms with Crippen molar-refractivity contribution in [2.75, 3.05) is 6.54 Å². The molecule has 0 atom stereocenters. The predicted molar refractivity (Wildman–Crippen MR) is 96.9 cm³/mol. The third-order valence-electron chi connectivity index (χ3n) is 4.36. The first-order valence-corrected chi connectivity index (χ1v) is 8.57. The van der Waals surface area contributed by atoms with Crippen molar-refractivity contribution in [2.45, 2.75) is 33.5 Å². The number of carbonyl (C=O) groups excluding carboxylic acids is 1. The van der Waals surface area contributed by atoms with E-state index in [1.807, 2.05) is 47.6 Å². The molecule has 0 aliphatic heterocycles. The van der Waals surface area contributed by atoms with Gasteiger partial charge < -0.3 is 14.8 Å². The minimum absolute atomic E-state index is 0.111. The normalized spacial score (nSPS) is 11.0. The summed E-state index contributed by atoms with van der Waals surface area (Å²) in [5.74, 6) is 0.859. The molecular formula is C18H24N6O. The lowest BCUT2D eigenvalue weighted by atomic mass is 10.2. The molecule has 0 spiro atoms. The maximum Gasteiger partial charge on any atom is 0.318 e. The molecule has 132 valence electrons. The summed E-state index contributed by atoms with van der Waals surface area (Å²) in [5.41, 5.74) is 1.98. The molecule has 7 heteroatoms. The molecule has 3 aromatic rings. The first kappa shape index (κ1) is 17.0. The molecule has 1 aromatic carbocycles. The zero-order valence-corrected chi connectivity index (χ0v) is 14.9. The summed E-state index contributed by atoms with van der Waals surface area (Å²) in [4.78, 5) is 18.6. The first-order chi connectivity index (χ1) is 12.1. The van der Waals surface area contributed by atoms with E-state index in [4.69, 9.17) is 0 Å². The zero-order valence-electron chi connectivity index (χ0n) is 14.9. The molecule has 0 saturated heterocycles. The van der Waals surface area contributed by atoms with Gasteiger partial charge in [-0.15, -0.1) is 0 Å². The maximum atomic E-state index is 12.5. The Morgan fingerprint density at radius 1 is 1.28 bits per heavy atom. The van der Waals surface area contributed by atoms with Gasteiger partial charge in [0.15, 0.2) is 0 Å². The number of nitrogens with zero attached hydrogens (tertiary/aromatic N) is 5. The van der Waals surface area contributed by atoms with Crippen LogP contribution in [0.4, 0.5) is 4.79 Å². The van der Waals surface area contributed by atoms with Crippen molar-refractivity contribution in [1.82, 2.24) is 29.5 Å². The average molecular weight is 340 g/mol. The fourth-order valence-electron chi connectivity index (χ4n) is 2.89. The number of imidazole rings is 1. The van der Waals surface area contributed by atoms with Crippen LogP contribution in [-0.2, 0) is 26.7 Å². The Balaban J connectivity index is 1.70. The molecule has 3 rings (SSSR count). The molecule has 2 heterocycles. The van der Waals surface area contributed by atoms with E-state index in [1.54, 1.807) is 11.1 Å². The van der Waals surface area contributed by atoms with Gasteiger partial charge in [0.05, 0.1) is 24.3 Å². The van der Waals surface area contributed by atoms with Crippen LogP contribution in [0.3, 0.4) is 0 Å². The van der Waals surface area contributed by atoms with E-state index >= 15 is 0 Å². The van der Waals surface area contributed by atoms with Crippen LogP contribution >= 0.6 is 0 Å². The van der Waals surface area contributed by atoms with Crippen molar-refractivity contribution >= 4 is 16.9 Å². The number of urea groups is 1. The van der Waals surface area contributed by atoms with E-state index in [2.05, 4.69) is 28.4 Å². The summed E-state index contributed by atoms with van der Waals surface area (Å²) in [7, 11) is 1.93. The van der Waals surface area contributed by atoms with Crippen LogP contribution in [-0.4, -0.2) is 36.8 Å². The number of para-hydroxylation sites is 1. The predicted octanol–water partition coefficient (Wildman–Crippen LogP) is 2.52. The quantitative estimate of drug-likeness (QED) is 0.750. The van der Waals surface area contributed by atoms with E-state index in [9.17, 15) is 4.79 Å². The van der Waals surface area contributed by atoms with Gasteiger partial charge in [-0.2, -0.15) is 5.10 Å². The standard InChI is InChI=1S/C18H24N6O/c1-4-23(13-17-19-10-11-22(17)3)18(25)20-12-15-14-8-6-7-9-16(14)24(5-2)21-15/h6-11H,4-5,12-13H2,1-3H3,(H,20,25). The van der Waals surface area contributed by atoms with E-state index in [0.717, 1.165) is 29.0 Å². The lowest BCUT2D eigenvalue weighted by Crippen LogP contribution is -2.39. The Labute approximate surface area is 147 Å². The molecule has 2 amide bonds. The molecule has 0 bridgehead atoms. The Bertz CT molecular complexity index is 865. The number of carbonyl (C=O) groups is 1. The smallest absolute Gasteiger partial charge is 0.318 e. The minimum Gasteiger partial charge on any atom is -0.337 e. The molecule has 0 aliphatic rings. The highest BCUT2D eigenvalue weighted by molar-refractivity contribution is 5.82. The lowest BCUT2D eigenvalue weighted by Gasteiger charge is -2.20. The lowest BCUT2D eigenvalue weighted by molar-refractivity contribution is 0.195. The number of hydrogen-bond donors (Lipinski definition) is 1. The Hall–Kier alpha value is -2.83. The SMILES string of the molecule is CCN(Cc1nccn1C)C(=O)NCc1nn(CC)c2ccccc12. The van der Waals surface area contributed by atoms with Crippen LogP contribution in [0.15, 0.2) is 36.7 Å². The number of fused-ring (bicyclic) bond motifs is 1. The van der Waals surface area contributed by atoms with Crippen LogP contribution in [0.25, 0.3) is 10.9 Å². The van der Waals surface area contributed by atoms with Gasteiger partial charge in [0, 0.05) is 37.9 Å². The monoisotopic (exact) mass is 340 g/mol. The summed E-state index contributed by atoms with van der Waals surface area (Å²) in [5, 5.41) is 8.69. The van der Waals surface area contributed by atoms with Gasteiger partial charge in [-0.25, -0.2) is 9.78 Å². The molecule has 2 aromatic heterocycles. The van der Waals surface area contributed by atoms with Crippen molar-refractivity contribution in [3.63, 3.8) is 0 Å². The molecule has 1 N–H and O–H groups in total. The second kappa shape index (κ2) is 7.38. The highest BCUT2D eigenvalue weighted by Gasteiger charge is 2.16. The van der Waals surface area contributed by atoms with Gasteiger partial charge in [-0.05, 0) is 19.9 Å². The second-order valence-corrected chi connectivity index (χ2v) is 5.91. The summed E-state index contributed by atoms with van der Waals surface area (Å²) in [6.07, 6.45) is 3.62. The minimum atomic E-state index is -0.111. The van der Waals surface area contributed by atoms with Gasteiger partial charge in [0.1, 0.15) is 5.82 Å². The third kappa shape index (κ3) is 3.50. The number of amides is 2. The van der Waals surface area contributed by atoms with Crippen molar-refractivity contribution in [3.8, 4) is 0 Å². The molecule has 25 heavy (non-hydrogen) atoms. The molecule has 0 unspecified atom stereocenters. The number of benzene rings is 1. The topological polar surface area (TPSA) is 68.0 Å². The van der Waals surface area contributed by atoms with Crippen LogP contribution < -0.4 is 5.32 Å². The third-order valence-corrected chi connectivity index (χ3v) is 4.36. The summed E-state index contributed by atoms with van der Waals surface area (Å²) >= 11 is 0. The molecular weight excluding hydrogens is 316 g/mol. The van der Waals surface area contributed by atoms with Gasteiger partial charge >= 0.3 is 6.03 Å². The molecule has 7 nitrogen and oxygen atoms in total. The number of aromatic nitrogens is 4. The van der Waals surface area contributed by atoms with Crippen molar-refractivity contribution in [1.29, 1.82) is 0 Å². The van der Waals surface area contributed by atoms with Crippen molar-refractivity contribution in [3.05, 3.63) is 48.2 Å². The van der Waals surface area contributed by atoms with Crippen LogP contribution in [0.1, 0.15) is 25.4 Å². The highest BCUT2D eigenvalue weighted by atomic mass is 16.2. The van der Waals surface area contributed by atoms with E-state index < -0.39 is 0 Å². The second-order valence-electron chi connectivity index (χ2n) is 5.91. The number of nitrogens with one attached hydrogen (secondary N) is 1. The molecule has 0 aliphatic carbocycles.